The second kappa shape index (κ2) is 6.44. The van der Waals surface area contributed by atoms with E-state index in [9.17, 15) is 4.79 Å². The number of amides is 1. The summed E-state index contributed by atoms with van der Waals surface area (Å²) in [6, 6.07) is 3.41. The van der Waals surface area contributed by atoms with Gasteiger partial charge >= 0.3 is 0 Å². The van der Waals surface area contributed by atoms with Crippen LogP contribution >= 0.6 is 11.6 Å². The lowest BCUT2D eigenvalue weighted by Gasteiger charge is -2.17. The van der Waals surface area contributed by atoms with Crippen LogP contribution in [0.15, 0.2) is 12.1 Å². The van der Waals surface area contributed by atoms with E-state index in [1.165, 1.54) is 6.42 Å². The van der Waals surface area contributed by atoms with Gasteiger partial charge < -0.3 is 10.2 Å². The van der Waals surface area contributed by atoms with Crippen molar-refractivity contribution in [1.82, 2.24) is 9.88 Å². The molecule has 1 aromatic rings. The lowest BCUT2D eigenvalue weighted by molar-refractivity contribution is 0.0787. The van der Waals surface area contributed by atoms with Gasteiger partial charge in [0.2, 0.25) is 0 Å². The molecule has 20 heavy (non-hydrogen) atoms. The lowest BCUT2D eigenvalue weighted by atomic mass is 10.2. The van der Waals surface area contributed by atoms with Crippen LogP contribution in [0.2, 0.25) is 5.15 Å². The van der Waals surface area contributed by atoms with Crippen LogP contribution in [0, 0.1) is 11.8 Å². The van der Waals surface area contributed by atoms with E-state index < -0.39 is 0 Å². The second-order valence-corrected chi connectivity index (χ2v) is 6.04. The average molecular weight is 296 g/mol. The maximum Gasteiger partial charge on any atom is 0.253 e. The topological polar surface area (TPSA) is 45.2 Å². The van der Waals surface area contributed by atoms with Crippen LogP contribution in [-0.2, 0) is 0 Å². The van der Waals surface area contributed by atoms with E-state index in [0.717, 1.165) is 25.4 Å². The predicted octanol–water partition coefficient (Wildman–Crippen LogP) is 3.28. The summed E-state index contributed by atoms with van der Waals surface area (Å²) >= 11 is 6.00. The van der Waals surface area contributed by atoms with Gasteiger partial charge in [0.15, 0.2) is 0 Å². The monoisotopic (exact) mass is 295 g/mol. The number of halogens is 1. The first-order chi connectivity index (χ1) is 9.51. The highest BCUT2D eigenvalue weighted by Crippen LogP contribution is 2.38. The van der Waals surface area contributed by atoms with Crippen LogP contribution in [0.25, 0.3) is 0 Å². The van der Waals surface area contributed by atoms with Crippen molar-refractivity contribution in [3.63, 3.8) is 0 Å². The third kappa shape index (κ3) is 3.85. The van der Waals surface area contributed by atoms with Crippen LogP contribution < -0.4 is 5.32 Å². The fourth-order valence-corrected chi connectivity index (χ4v) is 2.48. The Morgan fingerprint density at radius 3 is 2.85 bits per heavy atom. The van der Waals surface area contributed by atoms with E-state index >= 15 is 0 Å². The number of rotatable bonds is 6. The van der Waals surface area contributed by atoms with Gasteiger partial charge in [-0.1, -0.05) is 25.4 Å². The molecule has 0 aliphatic heterocycles. The van der Waals surface area contributed by atoms with Crippen molar-refractivity contribution in [3.05, 3.63) is 22.8 Å². The zero-order chi connectivity index (χ0) is 14.7. The quantitative estimate of drug-likeness (QED) is 0.819. The normalized spacial score (nSPS) is 20.6. The van der Waals surface area contributed by atoms with Gasteiger partial charge in [-0.25, -0.2) is 4.98 Å². The molecule has 0 bridgehead atoms. The summed E-state index contributed by atoms with van der Waals surface area (Å²) in [6.07, 6.45) is 2.22. The molecule has 1 heterocycles. The van der Waals surface area contributed by atoms with Gasteiger partial charge in [-0.3, -0.25) is 4.79 Å². The predicted molar refractivity (Wildman–Crippen MR) is 82.3 cm³/mol. The van der Waals surface area contributed by atoms with Crippen LogP contribution in [0.3, 0.4) is 0 Å². The Morgan fingerprint density at radius 1 is 1.55 bits per heavy atom. The molecule has 2 atom stereocenters. The molecular weight excluding hydrogens is 274 g/mol. The Balaban J connectivity index is 2.05. The number of anilines is 1. The molecule has 110 valence electrons. The van der Waals surface area contributed by atoms with Crippen molar-refractivity contribution in [3.8, 4) is 0 Å². The molecule has 4 nitrogen and oxygen atoms in total. The van der Waals surface area contributed by atoms with Gasteiger partial charge in [-0.05, 0) is 36.8 Å². The van der Waals surface area contributed by atoms with Crippen molar-refractivity contribution >= 4 is 23.3 Å². The van der Waals surface area contributed by atoms with Crippen LogP contribution in [0.1, 0.15) is 37.0 Å². The van der Waals surface area contributed by atoms with Gasteiger partial charge in [0, 0.05) is 25.7 Å². The largest absolute Gasteiger partial charge is 0.370 e. The number of nitrogens with zero attached hydrogens (tertiary/aromatic N) is 2. The van der Waals surface area contributed by atoms with Gasteiger partial charge in [-0.15, -0.1) is 0 Å². The number of nitrogens with one attached hydrogen (secondary N) is 1. The Morgan fingerprint density at radius 2 is 2.25 bits per heavy atom. The second-order valence-electron chi connectivity index (χ2n) is 5.65. The highest BCUT2D eigenvalue weighted by atomic mass is 35.5. The zero-order valence-electron chi connectivity index (χ0n) is 12.3. The minimum absolute atomic E-state index is 0.00736. The maximum absolute atomic E-state index is 12.4. The van der Waals surface area contributed by atoms with Crippen LogP contribution in [0.4, 0.5) is 5.82 Å². The molecule has 1 fully saturated rings. The SMILES string of the molecule is CCCNc1cc(C(=O)N(C)CC2CC2C)cc(Cl)n1. The number of hydrogen-bond donors (Lipinski definition) is 1. The fourth-order valence-electron chi connectivity index (χ4n) is 2.27. The molecule has 2 unspecified atom stereocenters. The summed E-state index contributed by atoms with van der Waals surface area (Å²) in [5.41, 5.74) is 0.597. The molecule has 0 radical (unpaired) electrons. The van der Waals surface area contributed by atoms with Gasteiger partial charge in [0.25, 0.3) is 5.91 Å². The van der Waals surface area contributed by atoms with Crippen molar-refractivity contribution in [2.75, 3.05) is 25.5 Å². The fraction of sp³-hybridized carbons (Fsp3) is 0.600. The number of carbonyl (C=O) groups excluding carboxylic acids is 1. The molecule has 1 amide bonds. The van der Waals surface area contributed by atoms with Gasteiger partial charge in [-0.2, -0.15) is 0 Å². The lowest BCUT2D eigenvalue weighted by Crippen LogP contribution is -2.29. The first kappa shape index (κ1) is 15.1. The van der Waals surface area contributed by atoms with Crippen molar-refractivity contribution in [2.45, 2.75) is 26.7 Å². The molecule has 0 saturated heterocycles. The molecule has 0 spiro atoms. The zero-order valence-corrected chi connectivity index (χ0v) is 13.1. The van der Waals surface area contributed by atoms with Gasteiger partial charge in [0.1, 0.15) is 11.0 Å². The van der Waals surface area contributed by atoms with Crippen molar-refractivity contribution < 1.29 is 4.79 Å². The first-order valence-electron chi connectivity index (χ1n) is 7.18. The Hall–Kier alpha value is -1.29. The van der Waals surface area contributed by atoms with E-state index in [-0.39, 0.29) is 5.91 Å². The molecule has 1 saturated carbocycles. The van der Waals surface area contributed by atoms with Crippen molar-refractivity contribution in [1.29, 1.82) is 0 Å². The highest BCUT2D eigenvalue weighted by molar-refractivity contribution is 6.29. The molecule has 5 heteroatoms. The van der Waals surface area contributed by atoms with E-state index in [1.807, 2.05) is 7.05 Å². The number of aromatic nitrogens is 1. The van der Waals surface area contributed by atoms with Crippen molar-refractivity contribution in [2.24, 2.45) is 11.8 Å². The molecule has 1 aliphatic carbocycles. The van der Waals surface area contributed by atoms with E-state index in [2.05, 4.69) is 24.1 Å². The van der Waals surface area contributed by atoms with Gasteiger partial charge in [0.05, 0.1) is 0 Å². The molecule has 2 rings (SSSR count). The third-order valence-corrected chi connectivity index (χ3v) is 3.92. The smallest absolute Gasteiger partial charge is 0.253 e. The first-order valence-corrected chi connectivity index (χ1v) is 7.56. The summed E-state index contributed by atoms with van der Waals surface area (Å²) in [4.78, 5) is 18.4. The maximum atomic E-state index is 12.4. The highest BCUT2D eigenvalue weighted by Gasteiger charge is 2.34. The summed E-state index contributed by atoms with van der Waals surface area (Å²) in [5.74, 6) is 2.07. The van der Waals surface area contributed by atoms with E-state index in [4.69, 9.17) is 11.6 Å². The van der Waals surface area contributed by atoms with E-state index in [0.29, 0.717) is 22.5 Å². The summed E-state index contributed by atoms with van der Waals surface area (Å²) < 4.78 is 0. The standard InChI is InChI=1S/C15H22ClN3O/c1-4-5-17-14-8-11(7-13(16)18-14)15(20)19(3)9-12-6-10(12)2/h7-8,10,12H,4-6,9H2,1-3H3,(H,17,18). The third-order valence-electron chi connectivity index (χ3n) is 3.73. The Kier molecular flexibility index (Phi) is 4.86. The minimum Gasteiger partial charge on any atom is -0.370 e. The van der Waals surface area contributed by atoms with Crippen LogP contribution in [0.5, 0.6) is 0 Å². The molecular formula is C15H22ClN3O. The Bertz CT molecular complexity index is 492. The molecule has 1 N–H and O–H groups in total. The molecule has 1 aromatic heterocycles. The summed E-state index contributed by atoms with van der Waals surface area (Å²) in [7, 11) is 1.85. The summed E-state index contributed by atoms with van der Waals surface area (Å²) in [5, 5.41) is 3.51. The number of pyridine rings is 1. The molecule has 1 aliphatic rings. The Labute approximate surface area is 125 Å². The average Bonchev–Trinajstić information content (AvgIpc) is 3.10. The van der Waals surface area contributed by atoms with Crippen LogP contribution in [-0.4, -0.2) is 35.9 Å². The van der Waals surface area contributed by atoms with E-state index in [1.54, 1.807) is 17.0 Å². The number of carbonyl (C=O) groups is 1. The molecule has 0 aromatic carbocycles. The summed E-state index contributed by atoms with van der Waals surface area (Å²) in [6.45, 7) is 5.93. The minimum atomic E-state index is 0.00736. The number of hydrogen-bond acceptors (Lipinski definition) is 3.